The van der Waals surface area contributed by atoms with E-state index in [-0.39, 0.29) is 23.5 Å². The molecule has 1 unspecified atom stereocenters. The molecule has 0 fully saturated rings. The summed E-state index contributed by atoms with van der Waals surface area (Å²) in [6.07, 6.45) is 0. The number of thioether (sulfide) groups is 1. The highest BCUT2D eigenvalue weighted by molar-refractivity contribution is 9.10. The van der Waals surface area contributed by atoms with Crippen molar-refractivity contribution in [3.63, 3.8) is 0 Å². The first-order valence-corrected chi connectivity index (χ1v) is 11.5. The largest absolute Gasteiger partial charge is 0.497 e. The second kappa shape index (κ2) is 10.6. The number of carbonyl (C=O) groups excluding carboxylic acids is 2. The second-order valence-corrected chi connectivity index (χ2v) is 8.59. The maximum atomic E-state index is 12.6. The Morgan fingerprint density at radius 1 is 1.10 bits per heavy atom. The first-order valence-electron chi connectivity index (χ1n) is 9.72. The number of amides is 1. The van der Waals surface area contributed by atoms with Crippen LogP contribution in [0, 0.1) is 0 Å². The molecule has 1 atom stereocenters. The molecule has 31 heavy (non-hydrogen) atoms. The van der Waals surface area contributed by atoms with Crippen LogP contribution < -0.4 is 10.1 Å². The Labute approximate surface area is 193 Å². The average molecular weight is 503 g/mol. The fraction of sp³-hybridized carbons (Fsp3) is 0.273. The van der Waals surface area contributed by atoms with E-state index in [0.29, 0.717) is 34.4 Å². The molecule has 162 valence electrons. The number of benzene rings is 2. The Balaban J connectivity index is 1.66. The number of nitrogens with zero attached hydrogens (tertiary/aromatic N) is 3. The van der Waals surface area contributed by atoms with Gasteiger partial charge in [0.25, 0.3) is 5.91 Å². The maximum absolute atomic E-state index is 12.6. The van der Waals surface area contributed by atoms with Gasteiger partial charge in [-0.2, -0.15) is 0 Å². The summed E-state index contributed by atoms with van der Waals surface area (Å²) in [5, 5.41) is 12.1. The van der Waals surface area contributed by atoms with Gasteiger partial charge in [0.1, 0.15) is 5.75 Å². The quantitative estimate of drug-likeness (QED) is 0.341. The summed E-state index contributed by atoms with van der Waals surface area (Å²) < 4.78 is 7.97. The van der Waals surface area contributed by atoms with E-state index in [1.165, 1.54) is 11.8 Å². The lowest BCUT2D eigenvalue weighted by Gasteiger charge is -2.15. The van der Waals surface area contributed by atoms with Crippen LogP contribution in [-0.4, -0.2) is 39.3 Å². The third kappa shape index (κ3) is 5.74. The second-order valence-electron chi connectivity index (χ2n) is 6.73. The number of rotatable bonds is 9. The van der Waals surface area contributed by atoms with E-state index >= 15 is 0 Å². The van der Waals surface area contributed by atoms with Gasteiger partial charge in [0.05, 0.1) is 18.9 Å². The lowest BCUT2D eigenvalue weighted by molar-refractivity contribution is 0.0936. The zero-order chi connectivity index (χ0) is 22.4. The van der Waals surface area contributed by atoms with Gasteiger partial charge in [0, 0.05) is 22.1 Å². The average Bonchev–Trinajstić information content (AvgIpc) is 3.21. The van der Waals surface area contributed by atoms with Gasteiger partial charge in [0.2, 0.25) is 0 Å². The van der Waals surface area contributed by atoms with Gasteiger partial charge in [-0.15, -0.1) is 10.2 Å². The molecule has 3 aromatic rings. The van der Waals surface area contributed by atoms with Crippen LogP contribution in [0.5, 0.6) is 5.75 Å². The molecule has 0 saturated heterocycles. The molecule has 7 nitrogen and oxygen atoms in total. The molecular formula is C22H23BrN4O3S. The summed E-state index contributed by atoms with van der Waals surface area (Å²) in [5.41, 5.74) is 1.18. The highest BCUT2D eigenvalue weighted by Crippen LogP contribution is 2.22. The summed E-state index contributed by atoms with van der Waals surface area (Å²) in [4.78, 5) is 25.0. The highest BCUT2D eigenvalue weighted by Gasteiger charge is 2.20. The molecule has 0 aliphatic carbocycles. The number of methoxy groups -OCH3 is 1. The van der Waals surface area contributed by atoms with Gasteiger partial charge >= 0.3 is 0 Å². The van der Waals surface area contributed by atoms with Gasteiger partial charge in [-0.1, -0.05) is 39.8 Å². The van der Waals surface area contributed by atoms with E-state index in [1.807, 2.05) is 30.5 Å². The summed E-state index contributed by atoms with van der Waals surface area (Å²) >= 11 is 4.71. The van der Waals surface area contributed by atoms with Crippen molar-refractivity contribution in [1.82, 2.24) is 20.1 Å². The third-order valence-electron chi connectivity index (χ3n) is 4.65. The minimum atomic E-state index is -0.349. The first-order chi connectivity index (χ1) is 14.9. The zero-order valence-corrected chi connectivity index (χ0v) is 19.9. The molecule has 3 rings (SSSR count). The molecule has 1 heterocycles. The number of hydrogen-bond donors (Lipinski definition) is 1. The van der Waals surface area contributed by atoms with Gasteiger partial charge in [0.15, 0.2) is 16.8 Å². The molecule has 9 heteroatoms. The molecule has 2 aromatic carbocycles. The number of Topliss-reactive ketones (excluding diaryl/α,β-unsaturated/α-hetero) is 1. The van der Waals surface area contributed by atoms with Crippen LogP contribution in [0.4, 0.5) is 0 Å². The molecule has 1 amide bonds. The maximum Gasteiger partial charge on any atom is 0.251 e. The Kier molecular flexibility index (Phi) is 7.86. The molecule has 0 bridgehead atoms. The predicted molar refractivity (Wildman–Crippen MR) is 124 cm³/mol. The minimum Gasteiger partial charge on any atom is -0.497 e. The van der Waals surface area contributed by atoms with Crippen LogP contribution in [0.1, 0.15) is 46.4 Å². The van der Waals surface area contributed by atoms with Crippen LogP contribution in [0.15, 0.2) is 58.2 Å². The molecule has 1 aromatic heterocycles. The molecule has 0 spiro atoms. The molecule has 0 aliphatic rings. The number of carbonyl (C=O) groups is 2. The molecule has 0 aliphatic heterocycles. The molecular weight excluding hydrogens is 480 g/mol. The van der Waals surface area contributed by atoms with Crippen LogP contribution in [0.25, 0.3) is 0 Å². The molecule has 0 radical (unpaired) electrons. The van der Waals surface area contributed by atoms with Crippen LogP contribution >= 0.6 is 27.7 Å². The van der Waals surface area contributed by atoms with Crippen molar-refractivity contribution >= 4 is 39.4 Å². The smallest absolute Gasteiger partial charge is 0.251 e. The summed E-state index contributed by atoms with van der Waals surface area (Å²) in [6, 6.07) is 13.8. The summed E-state index contributed by atoms with van der Waals surface area (Å²) in [7, 11) is 1.58. The van der Waals surface area contributed by atoms with Crippen molar-refractivity contribution in [2.75, 3.05) is 12.9 Å². The van der Waals surface area contributed by atoms with Gasteiger partial charge < -0.3 is 14.6 Å². The Hall–Kier alpha value is -2.65. The lowest BCUT2D eigenvalue weighted by Crippen LogP contribution is -2.28. The molecule has 1 N–H and O–H groups in total. The Bertz CT molecular complexity index is 1050. The number of ether oxygens (including phenoxy) is 1. The molecule has 0 saturated carbocycles. The van der Waals surface area contributed by atoms with Crippen molar-refractivity contribution in [3.8, 4) is 5.75 Å². The number of ketones is 1. The SMILES string of the molecule is CCn1c(SCC(=O)c2ccc(Br)cc2)nnc1C(C)NC(=O)c1ccc(OC)cc1. The van der Waals surface area contributed by atoms with Crippen molar-refractivity contribution in [1.29, 1.82) is 0 Å². The number of aromatic nitrogens is 3. The van der Waals surface area contributed by atoms with E-state index < -0.39 is 0 Å². The van der Waals surface area contributed by atoms with Gasteiger partial charge in [-0.3, -0.25) is 9.59 Å². The van der Waals surface area contributed by atoms with Crippen molar-refractivity contribution in [3.05, 3.63) is 70.0 Å². The van der Waals surface area contributed by atoms with E-state index in [0.717, 1.165) is 4.47 Å². The van der Waals surface area contributed by atoms with Crippen molar-refractivity contribution in [2.45, 2.75) is 31.6 Å². The Morgan fingerprint density at radius 3 is 2.35 bits per heavy atom. The summed E-state index contributed by atoms with van der Waals surface area (Å²) in [6.45, 7) is 4.46. The summed E-state index contributed by atoms with van der Waals surface area (Å²) in [5.74, 6) is 1.40. The fourth-order valence-electron chi connectivity index (χ4n) is 2.96. The number of halogens is 1. The number of nitrogens with one attached hydrogen (secondary N) is 1. The topological polar surface area (TPSA) is 86.1 Å². The zero-order valence-electron chi connectivity index (χ0n) is 17.5. The van der Waals surface area contributed by atoms with Gasteiger partial charge in [-0.25, -0.2) is 0 Å². The van der Waals surface area contributed by atoms with E-state index in [1.54, 1.807) is 43.5 Å². The third-order valence-corrected chi connectivity index (χ3v) is 6.14. The standard InChI is InChI=1S/C22H23BrN4O3S/c1-4-27-20(14(2)24-21(29)16-7-11-18(30-3)12-8-16)25-26-22(27)31-13-19(28)15-5-9-17(23)10-6-15/h5-12,14H,4,13H2,1-3H3,(H,24,29). The fourth-order valence-corrected chi connectivity index (χ4v) is 4.13. The van der Waals surface area contributed by atoms with Crippen LogP contribution in [0.3, 0.4) is 0 Å². The van der Waals surface area contributed by atoms with Crippen LogP contribution in [0.2, 0.25) is 0 Å². The van der Waals surface area contributed by atoms with E-state index in [9.17, 15) is 9.59 Å². The number of hydrogen-bond acceptors (Lipinski definition) is 6. The monoisotopic (exact) mass is 502 g/mol. The lowest BCUT2D eigenvalue weighted by atomic mass is 10.2. The predicted octanol–water partition coefficient (Wildman–Crippen LogP) is 4.54. The van der Waals surface area contributed by atoms with Gasteiger partial charge in [-0.05, 0) is 50.2 Å². The van der Waals surface area contributed by atoms with E-state index in [2.05, 4.69) is 31.4 Å². The first kappa shape index (κ1) is 23.0. The van der Waals surface area contributed by atoms with Crippen molar-refractivity contribution in [2.24, 2.45) is 0 Å². The highest BCUT2D eigenvalue weighted by atomic mass is 79.9. The minimum absolute atomic E-state index is 0.0190. The Morgan fingerprint density at radius 2 is 1.74 bits per heavy atom. The van der Waals surface area contributed by atoms with Crippen LogP contribution in [-0.2, 0) is 6.54 Å². The normalized spacial score (nSPS) is 11.7. The van der Waals surface area contributed by atoms with E-state index in [4.69, 9.17) is 4.74 Å². The van der Waals surface area contributed by atoms with Crippen molar-refractivity contribution < 1.29 is 14.3 Å².